The fraction of sp³-hybridized carbons (Fsp3) is 0.421. The first kappa shape index (κ1) is 15.8. The quantitative estimate of drug-likeness (QED) is 0.260. The van der Waals surface area contributed by atoms with Crippen molar-refractivity contribution in [3.05, 3.63) is 40.0 Å². The minimum absolute atomic E-state index is 0.0168. The maximum atomic E-state index is 12.9. The summed E-state index contributed by atoms with van der Waals surface area (Å²) in [4.78, 5) is 36.6. The van der Waals surface area contributed by atoms with Crippen molar-refractivity contribution in [2.24, 2.45) is 34.2 Å². The Morgan fingerprint density at radius 3 is 2.29 bits per heavy atom. The van der Waals surface area contributed by atoms with Crippen LogP contribution in [0.5, 0.6) is 11.5 Å². The van der Waals surface area contributed by atoms with E-state index in [1.54, 1.807) is 0 Å². The molecule has 3 fully saturated rings. The third-order valence-electron chi connectivity index (χ3n) is 6.86. The summed E-state index contributed by atoms with van der Waals surface area (Å²) in [5.41, 5.74) is 0.0321. The van der Waals surface area contributed by atoms with E-state index < -0.39 is 4.92 Å². The van der Waals surface area contributed by atoms with Crippen molar-refractivity contribution < 1.29 is 24.0 Å². The molecule has 0 N–H and O–H groups in total. The van der Waals surface area contributed by atoms with Gasteiger partial charge in [0, 0.05) is 0 Å². The Kier molecular flexibility index (Phi) is 2.81. The third-order valence-corrected chi connectivity index (χ3v) is 6.86. The van der Waals surface area contributed by atoms with Gasteiger partial charge in [-0.1, -0.05) is 12.2 Å². The number of hydrogen-bond acceptors (Lipinski definition) is 7. The van der Waals surface area contributed by atoms with Crippen LogP contribution in [0.1, 0.15) is 18.4 Å². The molecule has 2 bridgehead atoms. The van der Waals surface area contributed by atoms with Crippen LogP contribution >= 0.6 is 0 Å². The average molecular weight is 381 g/mol. The zero-order valence-electron chi connectivity index (χ0n) is 14.6. The molecule has 4 atom stereocenters. The monoisotopic (exact) mass is 381 g/mol. The number of nitrogens with zero attached hydrogens (tertiary/aromatic N) is 3. The fourth-order valence-electron chi connectivity index (χ4n) is 5.50. The number of allylic oxidation sites excluding steroid dienone is 2. The molecular formula is C19H15N3O6. The summed E-state index contributed by atoms with van der Waals surface area (Å²) in [6.45, 7) is -0.0168. The number of fused-ring (bicyclic) bond motifs is 4. The van der Waals surface area contributed by atoms with Crippen molar-refractivity contribution in [2.75, 3.05) is 6.79 Å². The van der Waals surface area contributed by atoms with Gasteiger partial charge in [-0.25, -0.2) is 0 Å². The van der Waals surface area contributed by atoms with E-state index in [2.05, 4.69) is 17.3 Å². The van der Waals surface area contributed by atoms with Crippen LogP contribution in [0.4, 0.5) is 5.69 Å². The van der Waals surface area contributed by atoms with Crippen molar-refractivity contribution in [1.82, 2.24) is 5.01 Å². The number of carbonyl (C=O) groups is 2. The number of benzene rings is 1. The van der Waals surface area contributed by atoms with Gasteiger partial charge in [0.1, 0.15) is 0 Å². The van der Waals surface area contributed by atoms with Crippen LogP contribution in [0.2, 0.25) is 0 Å². The SMILES string of the molecule is O=C1[C@@H]2[C@H](C(=O)N1/N=C\c1cc3c(cc1[N+](=O)[O-])OCO3)[C@H]1C=C[C@H]2C12CC2. The molecule has 142 valence electrons. The minimum Gasteiger partial charge on any atom is -0.454 e. The number of amides is 2. The Bertz CT molecular complexity index is 993. The van der Waals surface area contributed by atoms with E-state index in [1.807, 2.05) is 0 Å². The van der Waals surface area contributed by atoms with Crippen LogP contribution in [0, 0.1) is 39.2 Å². The van der Waals surface area contributed by atoms with E-state index in [9.17, 15) is 19.7 Å². The highest BCUT2D eigenvalue weighted by molar-refractivity contribution is 6.07. The number of nitro groups is 1. The first-order valence-corrected chi connectivity index (χ1v) is 9.19. The third kappa shape index (κ3) is 1.78. The van der Waals surface area contributed by atoms with Crippen LogP contribution in [-0.4, -0.2) is 34.8 Å². The summed E-state index contributed by atoms with van der Waals surface area (Å²) >= 11 is 0. The standard InChI is InChI=1S/C19H15N3O6/c23-17-15-10-1-2-11(19(10)3-4-19)16(15)18(24)21(17)20-7-9-5-13-14(28-8-27-13)6-12(9)22(25)26/h1-2,5-7,10-11,15-16H,3-4,8H2/b20-7-/t10-,11-,15-,16+/m1/s1. The van der Waals surface area contributed by atoms with Crippen molar-refractivity contribution in [1.29, 1.82) is 0 Å². The van der Waals surface area contributed by atoms with Gasteiger partial charge in [0.25, 0.3) is 17.5 Å². The maximum absolute atomic E-state index is 12.9. The van der Waals surface area contributed by atoms with Gasteiger partial charge >= 0.3 is 0 Å². The highest BCUT2D eigenvalue weighted by atomic mass is 16.7. The molecule has 28 heavy (non-hydrogen) atoms. The lowest BCUT2D eigenvalue weighted by Crippen LogP contribution is -2.30. The van der Waals surface area contributed by atoms with Crippen molar-refractivity contribution in [2.45, 2.75) is 12.8 Å². The van der Waals surface area contributed by atoms with Crippen LogP contribution in [0.25, 0.3) is 0 Å². The largest absolute Gasteiger partial charge is 0.454 e. The van der Waals surface area contributed by atoms with E-state index in [4.69, 9.17) is 9.47 Å². The van der Waals surface area contributed by atoms with E-state index in [0.29, 0.717) is 5.75 Å². The Morgan fingerprint density at radius 1 is 1.11 bits per heavy atom. The second-order valence-electron chi connectivity index (χ2n) is 7.98. The molecule has 3 aliphatic carbocycles. The second kappa shape index (κ2) is 4.98. The Morgan fingerprint density at radius 2 is 1.71 bits per heavy atom. The molecule has 0 unspecified atom stereocenters. The second-order valence-corrected chi connectivity index (χ2v) is 7.98. The van der Waals surface area contributed by atoms with Gasteiger partial charge in [0.05, 0.1) is 34.6 Å². The Labute approximate surface area is 158 Å². The molecule has 2 heterocycles. The van der Waals surface area contributed by atoms with E-state index in [0.717, 1.165) is 17.9 Å². The highest BCUT2D eigenvalue weighted by Gasteiger charge is 2.73. The molecule has 9 heteroatoms. The van der Waals surface area contributed by atoms with E-state index in [1.165, 1.54) is 18.3 Å². The average Bonchev–Trinajstić information content (AvgIpc) is 2.97. The van der Waals surface area contributed by atoms with Gasteiger partial charge in [-0.2, -0.15) is 10.1 Å². The minimum atomic E-state index is -0.563. The molecule has 1 aromatic rings. The number of nitro benzene ring substituents is 1. The molecule has 2 saturated carbocycles. The summed E-state index contributed by atoms with van der Waals surface area (Å²) in [5, 5.41) is 16.3. The Balaban J connectivity index is 1.33. The van der Waals surface area contributed by atoms with Crippen LogP contribution in [0.15, 0.2) is 29.4 Å². The lowest BCUT2D eigenvalue weighted by Gasteiger charge is -2.18. The topological polar surface area (TPSA) is 111 Å². The predicted molar refractivity (Wildman–Crippen MR) is 93.4 cm³/mol. The lowest BCUT2D eigenvalue weighted by molar-refractivity contribution is -0.385. The molecule has 2 aliphatic heterocycles. The zero-order chi connectivity index (χ0) is 19.2. The van der Waals surface area contributed by atoms with Crippen LogP contribution in [-0.2, 0) is 9.59 Å². The van der Waals surface area contributed by atoms with Crippen LogP contribution < -0.4 is 9.47 Å². The van der Waals surface area contributed by atoms with Gasteiger partial charge in [-0.15, -0.1) is 0 Å². The first-order chi connectivity index (χ1) is 13.5. The highest BCUT2D eigenvalue weighted by Crippen LogP contribution is 2.73. The number of carbonyl (C=O) groups excluding carboxylic acids is 2. The van der Waals surface area contributed by atoms with Crippen LogP contribution in [0.3, 0.4) is 0 Å². The molecule has 1 spiro atoms. The number of rotatable bonds is 3. The summed E-state index contributed by atoms with van der Waals surface area (Å²) in [7, 11) is 0. The fourth-order valence-corrected chi connectivity index (χ4v) is 5.50. The number of ether oxygens (including phenoxy) is 2. The molecule has 0 radical (unpaired) electrons. The molecule has 5 aliphatic rings. The van der Waals surface area contributed by atoms with E-state index >= 15 is 0 Å². The van der Waals surface area contributed by atoms with Gasteiger partial charge < -0.3 is 9.47 Å². The summed E-state index contributed by atoms with van der Waals surface area (Å²) in [5.74, 6) is -0.457. The number of hydrogen-bond donors (Lipinski definition) is 0. The van der Waals surface area contributed by atoms with Gasteiger partial charge in [0.15, 0.2) is 11.5 Å². The number of hydrazone groups is 1. The molecule has 1 saturated heterocycles. The van der Waals surface area contributed by atoms with Crippen molar-refractivity contribution in [3.8, 4) is 11.5 Å². The summed E-state index contributed by atoms with van der Waals surface area (Å²) in [6.07, 6.45) is 7.48. The molecule has 6 rings (SSSR count). The lowest BCUT2D eigenvalue weighted by atomic mass is 9.85. The zero-order valence-corrected chi connectivity index (χ0v) is 14.6. The Hall–Kier alpha value is -3.23. The maximum Gasteiger partial charge on any atom is 0.282 e. The molecule has 9 nitrogen and oxygen atoms in total. The van der Waals surface area contributed by atoms with Gasteiger partial charge in [0.2, 0.25) is 6.79 Å². The normalized spacial score (nSPS) is 32.8. The smallest absolute Gasteiger partial charge is 0.282 e. The predicted octanol–water partition coefficient (Wildman–Crippen LogP) is 1.85. The van der Waals surface area contributed by atoms with Gasteiger partial charge in [-0.05, 0) is 36.2 Å². The van der Waals surface area contributed by atoms with Crippen molar-refractivity contribution >= 4 is 23.7 Å². The number of imide groups is 1. The molecule has 2 amide bonds. The van der Waals surface area contributed by atoms with Gasteiger partial charge in [-0.3, -0.25) is 19.7 Å². The summed E-state index contributed by atoms with van der Waals surface area (Å²) in [6, 6.07) is 2.69. The van der Waals surface area contributed by atoms with E-state index in [-0.39, 0.29) is 64.7 Å². The first-order valence-electron chi connectivity index (χ1n) is 9.19. The summed E-state index contributed by atoms with van der Waals surface area (Å²) < 4.78 is 10.4. The van der Waals surface area contributed by atoms with Crippen molar-refractivity contribution in [3.63, 3.8) is 0 Å². The molecular weight excluding hydrogens is 366 g/mol. The molecule has 1 aromatic carbocycles. The molecule has 0 aromatic heterocycles.